The summed E-state index contributed by atoms with van der Waals surface area (Å²) in [5.41, 5.74) is 0. The minimum Gasteiger partial charge on any atom is -0.382 e. The number of imidazole rings is 1. The van der Waals surface area contributed by atoms with E-state index in [1.54, 1.807) is 6.20 Å². The summed E-state index contributed by atoms with van der Waals surface area (Å²) in [6.45, 7) is 4.53. The highest BCUT2D eigenvalue weighted by atomic mass is 16.6. The molecule has 0 spiro atoms. The first-order valence-corrected chi connectivity index (χ1v) is 5.71. The van der Waals surface area contributed by atoms with Crippen molar-refractivity contribution in [1.29, 1.82) is 0 Å². The highest BCUT2D eigenvalue weighted by Gasteiger charge is 2.27. The smallest absolute Gasteiger partial charge is 0.140 e. The van der Waals surface area contributed by atoms with Crippen LogP contribution in [0.25, 0.3) is 0 Å². The van der Waals surface area contributed by atoms with Crippen LogP contribution in [0.3, 0.4) is 0 Å². The molecule has 1 N–H and O–H groups in total. The molecular weight excluding hydrogens is 208 g/mol. The fourth-order valence-electron chi connectivity index (χ4n) is 1.87. The van der Waals surface area contributed by atoms with Gasteiger partial charge in [-0.3, -0.25) is 0 Å². The average Bonchev–Trinajstić information content (AvgIpc) is 2.78. The van der Waals surface area contributed by atoms with Crippen LogP contribution >= 0.6 is 0 Å². The van der Waals surface area contributed by atoms with Crippen LogP contribution in [0.1, 0.15) is 25.3 Å². The number of ether oxygens (including phenoxy) is 2. The van der Waals surface area contributed by atoms with Crippen molar-refractivity contribution >= 4 is 0 Å². The van der Waals surface area contributed by atoms with Crippen molar-refractivity contribution in [3.63, 3.8) is 0 Å². The lowest BCUT2D eigenvalue weighted by Crippen LogP contribution is -2.35. The van der Waals surface area contributed by atoms with Crippen molar-refractivity contribution in [3.8, 4) is 0 Å². The molecule has 0 amide bonds. The van der Waals surface area contributed by atoms with E-state index in [-0.39, 0.29) is 6.10 Å². The summed E-state index contributed by atoms with van der Waals surface area (Å²) in [7, 11) is 0. The van der Waals surface area contributed by atoms with E-state index >= 15 is 0 Å². The standard InChI is InChI=1S/C11H18N2O3/c1-2-4-13-5-3-12-11(13)10(14)9-8-15-6-7-16-9/h3,5,9-10,14H,2,4,6-8H2,1H3. The normalized spacial score (nSPS) is 23.2. The molecule has 1 fully saturated rings. The van der Waals surface area contributed by atoms with E-state index < -0.39 is 6.10 Å². The summed E-state index contributed by atoms with van der Waals surface area (Å²) >= 11 is 0. The minimum absolute atomic E-state index is 0.299. The Kier molecular flexibility index (Phi) is 3.93. The molecule has 5 heteroatoms. The second-order valence-electron chi connectivity index (χ2n) is 3.91. The highest BCUT2D eigenvalue weighted by molar-refractivity contribution is 4.99. The fraction of sp³-hybridized carbons (Fsp3) is 0.727. The molecule has 16 heavy (non-hydrogen) atoms. The molecule has 90 valence electrons. The number of aliphatic hydroxyl groups excluding tert-OH is 1. The Morgan fingerprint density at radius 1 is 1.62 bits per heavy atom. The number of aryl methyl sites for hydroxylation is 1. The van der Waals surface area contributed by atoms with Gasteiger partial charge in [0.25, 0.3) is 0 Å². The Hall–Kier alpha value is -0.910. The van der Waals surface area contributed by atoms with Crippen LogP contribution in [0, 0.1) is 0 Å². The lowest BCUT2D eigenvalue weighted by molar-refractivity contribution is -0.135. The molecule has 2 heterocycles. The molecule has 1 aliphatic rings. The molecule has 1 aliphatic heterocycles. The lowest BCUT2D eigenvalue weighted by Gasteiger charge is -2.27. The number of hydrogen-bond donors (Lipinski definition) is 1. The Balaban J connectivity index is 2.06. The summed E-state index contributed by atoms with van der Waals surface area (Å²) in [5.74, 6) is 0.664. The third-order valence-corrected chi connectivity index (χ3v) is 2.67. The zero-order valence-corrected chi connectivity index (χ0v) is 9.50. The summed E-state index contributed by atoms with van der Waals surface area (Å²) in [4.78, 5) is 4.19. The predicted octanol–water partition coefficient (Wildman–Crippen LogP) is 0.742. The van der Waals surface area contributed by atoms with E-state index in [9.17, 15) is 5.11 Å². The molecule has 2 atom stereocenters. The van der Waals surface area contributed by atoms with Gasteiger partial charge in [-0.1, -0.05) is 6.92 Å². The first-order chi connectivity index (χ1) is 7.83. The molecule has 2 unspecified atom stereocenters. The maximum absolute atomic E-state index is 10.2. The van der Waals surface area contributed by atoms with E-state index in [0.717, 1.165) is 13.0 Å². The molecule has 0 aliphatic carbocycles. The molecule has 0 radical (unpaired) electrons. The maximum atomic E-state index is 10.2. The van der Waals surface area contributed by atoms with Crippen molar-refractivity contribution in [2.75, 3.05) is 19.8 Å². The van der Waals surface area contributed by atoms with Gasteiger partial charge in [-0.05, 0) is 6.42 Å². The molecule has 0 bridgehead atoms. The van der Waals surface area contributed by atoms with Crippen molar-refractivity contribution in [1.82, 2.24) is 9.55 Å². The first kappa shape index (κ1) is 11.6. The van der Waals surface area contributed by atoms with Crippen molar-refractivity contribution in [3.05, 3.63) is 18.2 Å². The van der Waals surface area contributed by atoms with Crippen LogP contribution in [0.4, 0.5) is 0 Å². The largest absolute Gasteiger partial charge is 0.382 e. The zero-order chi connectivity index (χ0) is 11.4. The molecule has 1 aromatic heterocycles. The van der Waals surface area contributed by atoms with Crippen LogP contribution in [-0.2, 0) is 16.0 Å². The molecule has 5 nitrogen and oxygen atoms in total. The summed E-state index contributed by atoms with van der Waals surface area (Å²) in [5, 5.41) is 10.2. The lowest BCUT2D eigenvalue weighted by atomic mass is 10.2. The van der Waals surface area contributed by atoms with Crippen LogP contribution in [0.5, 0.6) is 0 Å². The van der Waals surface area contributed by atoms with Crippen LogP contribution < -0.4 is 0 Å². The molecule has 0 saturated carbocycles. The molecular formula is C11H18N2O3. The van der Waals surface area contributed by atoms with Gasteiger partial charge in [-0.2, -0.15) is 0 Å². The fourth-order valence-corrected chi connectivity index (χ4v) is 1.87. The third kappa shape index (κ3) is 2.42. The van der Waals surface area contributed by atoms with Gasteiger partial charge in [0.05, 0.1) is 19.8 Å². The Bertz CT molecular complexity index is 321. The van der Waals surface area contributed by atoms with Gasteiger partial charge in [0.1, 0.15) is 18.0 Å². The van der Waals surface area contributed by atoms with Crippen LogP contribution in [0.15, 0.2) is 12.4 Å². The van der Waals surface area contributed by atoms with Gasteiger partial charge in [-0.15, -0.1) is 0 Å². The van der Waals surface area contributed by atoms with Crippen LogP contribution in [-0.4, -0.2) is 40.6 Å². The van der Waals surface area contributed by atoms with Gasteiger partial charge in [0, 0.05) is 18.9 Å². The van der Waals surface area contributed by atoms with Gasteiger partial charge in [0.15, 0.2) is 0 Å². The highest BCUT2D eigenvalue weighted by Crippen LogP contribution is 2.20. The topological polar surface area (TPSA) is 56.5 Å². The number of rotatable bonds is 4. The van der Waals surface area contributed by atoms with Crippen LogP contribution in [0.2, 0.25) is 0 Å². The van der Waals surface area contributed by atoms with Crippen molar-refractivity contribution in [2.24, 2.45) is 0 Å². The van der Waals surface area contributed by atoms with Gasteiger partial charge in [-0.25, -0.2) is 4.98 Å². The Morgan fingerprint density at radius 3 is 3.19 bits per heavy atom. The van der Waals surface area contributed by atoms with Gasteiger partial charge in [0.2, 0.25) is 0 Å². The molecule has 2 rings (SSSR count). The predicted molar refractivity (Wildman–Crippen MR) is 58.0 cm³/mol. The second-order valence-corrected chi connectivity index (χ2v) is 3.91. The third-order valence-electron chi connectivity index (χ3n) is 2.67. The summed E-state index contributed by atoms with van der Waals surface area (Å²) < 4.78 is 12.7. The summed E-state index contributed by atoms with van der Waals surface area (Å²) in [6.07, 6.45) is 3.59. The Labute approximate surface area is 95.0 Å². The van der Waals surface area contributed by atoms with E-state index in [4.69, 9.17) is 9.47 Å². The van der Waals surface area contributed by atoms with Gasteiger partial charge < -0.3 is 19.1 Å². The minimum atomic E-state index is -0.707. The number of aliphatic hydroxyl groups is 1. The number of nitrogens with zero attached hydrogens (tertiary/aromatic N) is 2. The van der Waals surface area contributed by atoms with E-state index in [2.05, 4.69) is 11.9 Å². The number of hydrogen-bond acceptors (Lipinski definition) is 4. The maximum Gasteiger partial charge on any atom is 0.140 e. The first-order valence-electron chi connectivity index (χ1n) is 5.71. The number of aromatic nitrogens is 2. The SMILES string of the molecule is CCCn1ccnc1C(O)C1COCCO1. The quantitative estimate of drug-likeness (QED) is 0.822. The van der Waals surface area contributed by atoms with E-state index in [1.165, 1.54) is 0 Å². The van der Waals surface area contributed by atoms with Crippen molar-refractivity contribution < 1.29 is 14.6 Å². The monoisotopic (exact) mass is 226 g/mol. The molecule has 1 saturated heterocycles. The van der Waals surface area contributed by atoms with E-state index in [0.29, 0.717) is 25.6 Å². The zero-order valence-electron chi connectivity index (χ0n) is 9.50. The molecule has 1 aromatic rings. The molecule has 0 aromatic carbocycles. The van der Waals surface area contributed by atoms with Gasteiger partial charge >= 0.3 is 0 Å². The average molecular weight is 226 g/mol. The second kappa shape index (κ2) is 5.43. The van der Waals surface area contributed by atoms with E-state index in [1.807, 2.05) is 10.8 Å². The summed E-state index contributed by atoms with van der Waals surface area (Å²) in [6, 6.07) is 0. The Morgan fingerprint density at radius 2 is 2.50 bits per heavy atom. The van der Waals surface area contributed by atoms with Crippen molar-refractivity contribution in [2.45, 2.75) is 32.1 Å².